The van der Waals surface area contributed by atoms with Crippen LogP contribution in [0.15, 0.2) is 23.4 Å². The Morgan fingerprint density at radius 2 is 2.12 bits per heavy atom. The van der Waals surface area contributed by atoms with Crippen LogP contribution in [0, 0.1) is 6.92 Å². The van der Waals surface area contributed by atoms with E-state index in [-0.39, 0.29) is 5.03 Å². The highest BCUT2D eigenvalue weighted by Gasteiger charge is 2.17. The average Bonchev–Trinajstić information content (AvgIpc) is 2.55. The molecule has 0 aliphatic carbocycles. The first-order chi connectivity index (χ1) is 7.43. The van der Waals surface area contributed by atoms with E-state index in [4.69, 9.17) is 5.14 Å². The van der Waals surface area contributed by atoms with Crippen molar-refractivity contribution in [2.75, 3.05) is 0 Å². The lowest BCUT2D eigenvalue weighted by molar-refractivity contribution is 0.595. The van der Waals surface area contributed by atoms with Crippen LogP contribution in [0.5, 0.6) is 0 Å². The highest BCUT2D eigenvalue weighted by Crippen LogP contribution is 2.17. The molecular weight excluding hydrogens is 226 g/mol. The minimum Gasteiger partial charge on any atom is -0.302 e. The zero-order chi connectivity index (χ0) is 11.9. The second-order valence-electron chi connectivity index (χ2n) is 3.66. The molecule has 0 bridgehead atoms. The first kappa shape index (κ1) is 11.1. The number of primary sulfonamides is 1. The zero-order valence-electron chi connectivity index (χ0n) is 9.14. The van der Waals surface area contributed by atoms with Crippen molar-refractivity contribution in [1.29, 1.82) is 0 Å². The molecule has 2 aromatic rings. The molecule has 5 nitrogen and oxygen atoms in total. The van der Waals surface area contributed by atoms with Crippen LogP contribution in [0.4, 0.5) is 0 Å². The third-order valence-corrected chi connectivity index (χ3v) is 3.36. The van der Waals surface area contributed by atoms with E-state index in [0.29, 0.717) is 11.3 Å². The Morgan fingerprint density at radius 1 is 1.44 bits per heavy atom. The second-order valence-corrected chi connectivity index (χ2v) is 5.13. The summed E-state index contributed by atoms with van der Waals surface area (Å²) in [5.74, 6) is 0.620. The normalized spacial score (nSPS) is 12.2. The standard InChI is InChI=1S/C10H13N3O2S/c1-3-8-4-5-9-10(16(11,14)15)12-7(2)13(9)6-8/h4-6H,3H2,1-2H3,(H2,11,14,15). The largest absolute Gasteiger partial charge is 0.302 e. The number of aryl methyl sites for hydroxylation is 2. The minimum absolute atomic E-state index is 0.0624. The molecule has 0 radical (unpaired) electrons. The number of hydrogen-bond acceptors (Lipinski definition) is 3. The summed E-state index contributed by atoms with van der Waals surface area (Å²) in [6, 6.07) is 3.61. The summed E-state index contributed by atoms with van der Waals surface area (Å²) in [7, 11) is -3.76. The molecule has 16 heavy (non-hydrogen) atoms. The number of hydrogen-bond donors (Lipinski definition) is 1. The first-order valence-electron chi connectivity index (χ1n) is 4.94. The number of imidazole rings is 1. The number of rotatable bonds is 2. The number of fused-ring (bicyclic) bond motifs is 1. The summed E-state index contributed by atoms with van der Waals surface area (Å²) >= 11 is 0. The van der Waals surface area contributed by atoms with Gasteiger partial charge in [0.1, 0.15) is 5.82 Å². The second kappa shape index (κ2) is 3.57. The van der Waals surface area contributed by atoms with Crippen molar-refractivity contribution in [2.45, 2.75) is 25.3 Å². The van der Waals surface area contributed by atoms with Gasteiger partial charge in [-0.2, -0.15) is 0 Å². The van der Waals surface area contributed by atoms with Gasteiger partial charge in [0.25, 0.3) is 10.0 Å². The van der Waals surface area contributed by atoms with E-state index in [0.717, 1.165) is 12.0 Å². The molecule has 2 heterocycles. The Hall–Kier alpha value is -1.40. The highest BCUT2D eigenvalue weighted by molar-refractivity contribution is 7.89. The van der Waals surface area contributed by atoms with Crippen molar-refractivity contribution in [3.63, 3.8) is 0 Å². The minimum atomic E-state index is -3.76. The van der Waals surface area contributed by atoms with Gasteiger partial charge in [0, 0.05) is 6.20 Å². The number of aromatic nitrogens is 2. The maximum atomic E-state index is 11.3. The molecule has 2 N–H and O–H groups in total. The number of sulfonamides is 1. The lowest BCUT2D eigenvalue weighted by Gasteiger charge is -2.00. The van der Waals surface area contributed by atoms with Gasteiger partial charge >= 0.3 is 0 Å². The van der Waals surface area contributed by atoms with E-state index in [1.165, 1.54) is 0 Å². The van der Waals surface area contributed by atoms with Crippen molar-refractivity contribution in [3.8, 4) is 0 Å². The molecular formula is C10H13N3O2S. The van der Waals surface area contributed by atoms with Crippen LogP contribution >= 0.6 is 0 Å². The number of pyridine rings is 1. The van der Waals surface area contributed by atoms with E-state index in [2.05, 4.69) is 4.98 Å². The molecule has 0 unspecified atom stereocenters. The summed E-state index contributed by atoms with van der Waals surface area (Å²) in [6.07, 6.45) is 2.77. The van der Waals surface area contributed by atoms with Gasteiger partial charge in [0.2, 0.25) is 0 Å². The summed E-state index contributed by atoms with van der Waals surface area (Å²) in [4.78, 5) is 3.99. The van der Waals surface area contributed by atoms with Crippen LogP contribution in [0.3, 0.4) is 0 Å². The predicted molar refractivity (Wildman–Crippen MR) is 60.7 cm³/mol. The molecule has 0 fully saturated rings. The van der Waals surface area contributed by atoms with E-state index in [9.17, 15) is 8.42 Å². The first-order valence-corrected chi connectivity index (χ1v) is 6.48. The fourth-order valence-corrected chi connectivity index (χ4v) is 2.38. The average molecular weight is 239 g/mol. The Kier molecular flexibility index (Phi) is 2.47. The monoisotopic (exact) mass is 239 g/mol. The lowest BCUT2D eigenvalue weighted by atomic mass is 10.2. The van der Waals surface area contributed by atoms with Gasteiger partial charge in [-0.3, -0.25) is 0 Å². The SMILES string of the molecule is CCc1ccc2c(S(N)(=O)=O)nc(C)n2c1. The Morgan fingerprint density at radius 3 is 2.69 bits per heavy atom. The molecule has 6 heteroatoms. The van der Waals surface area contributed by atoms with Crippen LogP contribution in [-0.4, -0.2) is 17.8 Å². The van der Waals surface area contributed by atoms with E-state index in [1.807, 2.05) is 19.2 Å². The lowest BCUT2D eigenvalue weighted by Crippen LogP contribution is -2.13. The van der Waals surface area contributed by atoms with Gasteiger partial charge < -0.3 is 4.40 Å². The molecule has 0 spiro atoms. The van der Waals surface area contributed by atoms with Crippen molar-refractivity contribution in [3.05, 3.63) is 29.7 Å². The molecule has 0 amide bonds. The number of nitrogens with two attached hydrogens (primary N) is 1. The van der Waals surface area contributed by atoms with Crippen molar-refractivity contribution in [2.24, 2.45) is 5.14 Å². The fourth-order valence-electron chi connectivity index (χ4n) is 1.66. The summed E-state index contributed by atoms with van der Waals surface area (Å²) in [5, 5.41) is 5.04. The molecule has 0 aromatic carbocycles. The third-order valence-electron chi connectivity index (χ3n) is 2.52. The van der Waals surface area contributed by atoms with Crippen molar-refractivity contribution >= 4 is 15.5 Å². The summed E-state index contributed by atoms with van der Waals surface area (Å²) < 4.78 is 24.4. The topological polar surface area (TPSA) is 77.5 Å². The van der Waals surface area contributed by atoms with Crippen LogP contribution in [-0.2, 0) is 16.4 Å². The van der Waals surface area contributed by atoms with Crippen molar-refractivity contribution < 1.29 is 8.42 Å². The Balaban J connectivity index is 2.82. The maximum absolute atomic E-state index is 11.3. The molecule has 2 rings (SSSR count). The van der Waals surface area contributed by atoms with Gasteiger partial charge in [-0.05, 0) is 25.0 Å². The molecule has 0 aliphatic rings. The van der Waals surface area contributed by atoms with Crippen molar-refractivity contribution in [1.82, 2.24) is 9.38 Å². The molecule has 0 saturated heterocycles. The molecule has 86 valence electrons. The van der Waals surface area contributed by atoms with Gasteiger partial charge in [0.15, 0.2) is 5.03 Å². The van der Waals surface area contributed by atoms with E-state index >= 15 is 0 Å². The van der Waals surface area contributed by atoms with Crippen LogP contribution in [0.1, 0.15) is 18.3 Å². The predicted octanol–water partition coefficient (Wildman–Crippen LogP) is 0.853. The zero-order valence-corrected chi connectivity index (χ0v) is 9.95. The molecule has 0 aliphatic heterocycles. The third kappa shape index (κ3) is 1.70. The maximum Gasteiger partial charge on any atom is 0.257 e. The highest BCUT2D eigenvalue weighted by atomic mass is 32.2. The summed E-state index contributed by atoms with van der Waals surface area (Å²) in [5.41, 5.74) is 1.64. The van der Waals surface area contributed by atoms with Gasteiger partial charge in [0.05, 0.1) is 5.52 Å². The smallest absolute Gasteiger partial charge is 0.257 e. The molecule has 0 atom stereocenters. The Labute approximate surface area is 94.0 Å². The van der Waals surface area contributed by atoms with Gasteiger partial charge in [-0.15, -0.1) is 0 Å². The van der Waals surface area contributed by atoms with Gasteiger partial charge in [-0.25, -0.2) is 18.5 Å². The Bertz CT molecular complexity index is 643. The summed E-state index contributed by atoms with van der Waals surface area (Å²) in [6.45, 7) is 3.79. The van der Waals surface area contributed by atoms with Gasteiger partial charge in [-0.1, -0.05) is 13.0 Å². The van der Waals surface area contributed by atoms with E-state index < -0.39 is 10.0 Å². The number of nitrogens with zero attached hydrogens (tertiary/aromatic N) is 2. The van der Waals surface area contributed by atoms with Crippen LogP contribution < -0.4 is 5.14 Å². The van der Waals surface area contributed by atoms with Crippen LogP contribution in [0.2, 0.25) is 0 Å². The molecule has 0 saturated carbocycles. The quantitative estimate of drug-likeness (QED) is 0.844. The van der Waals surface area contributed by atoms with Crippen LogP contribution in [0.25, 0.3) is 5.52 Å². The van der Waals surface area contributed by atoms with E-state index in [1.54, 1.807) is 17.4 Å². The molecule has 2 aromatic heterocycles. The fraction of sp³-hybridized carbons (Fsp3) is 0.300.